The molecule has 3 aliphatic heterocycles. The molecular weight excluding hydrogens is 489 g/mol. The van der Waals surface area contributed by atoms with E-state index in [-0.39, 0.29) is 23.3 Å². The number of nitrogens with zero attached hydrogens (tertiary/aromatic N) is 2. The van der Waals surface area contributed by atoms with Crippen molar-refractivity contribution in [1.82, 2.24) is 9.13 Å². The maximum absolute atomic E-state index is 13.8. The molecule has 3 fully saturated rings. The zero-order valence-electron chi connectivity index (χ0n) is 21.5. The van der Waals surface area contributed by atoms with Crippen LogP contribution in [0.4, 0.5) is 0 Å². The lowest BCUT2D eigenvalue weighted by atomic mass is 9.95. The topological polar surface area (TPSA) is 49.9 Å². The van der Waals surface area contributed by atoms with E-state index in [0.29, 0.717) is 0 Å². The van der Waals surface area contributed by atoms with E-state index in [9.17, 15) is 9.59 Å². The maximum atomic E-state index is 13.8. The summed E-state index contributed by atoms with van der Waals surface area (Å²) in [4.78, 5) is 29.4. The molecule has 0 aliphatic carbocycles. The Morgan fingerprint density at radius 1 is 0.943 bits per heavy atom. The molecule has 8 heteroatoms. The molecule has 0 spiro atoms. The van der Waals surface area contributed by atoms with Crippen molar-refractivity contribution in [2.75, 3.05) is 0 Å². The van der Waals surface area contributed by atoms with E-state index in [0.717, 1.165) is 11.1 Å². The van der Waals surface area contributed by atoms with E-state index in [1.807, 2.05) is 65.6 Å². The Morgan fingerprint density at radius 3 is 1.91 bits per heavy atom. The van der Waals surface area contributed by atoms with Gasteiger partial charge in [-0.1, -0.05) is 86.9 Å². The highest BCUT2D eigenvalue weighted by atomic mass is 32.2. The normalized spacial score (nSPS) is 28.6. The standard InChI is InChI=1S/C27H36N2O3SSi2/c1-27(2)23(26(31)32-22(19-13-9-7-10-14-19)20-15-11-8-12-16-20)28-24(30)21(25(28)33-27)29-34(3,4)17-18-35(29,5)6/h7-16,21-23,25H,17-18H2,1-6H3/t21?,23-,25+/m0/s1. The fourth-order valence-corrected chi connectivity index (χ4v) is 22.9. The Hall–Kier alpha value is -1.88. The number of rotatable bonds is 5. The zero-order chi connectivity index (χ0) is 25.2. The van der Waals surface area contributed by atoms with Crippen LogP contribution >= 0.6 is 11.8 Å². The minimum Gasteiger partial charge on any atom is -0.451 e. The minimum atomic E-state index is -1.63. The molecule has 186 valence electrons. The summed E-state index contributed by atoms with van der Waals surface area (Å²) in [6.07, 6.45) is -0.506. The third kappa shape index (κ3) is 4.12. The van der Waals surface area contributed by atoms with Gasteiger partial charge < -0.3 is 13.9 Å². The summed E-state index contributed by atoms with van der Waals surface area (Å²) in [7, 11) is -3.26. The van der Waals surface area contributed by atoms with Gasteiger partial charge in [-0.3, -0.25) is 4.79 Å². The molecule has 3 atom stereocenters. The monoisotopic (exact) mass is 524 g/mol. The van der Waals surface area contributed by atoms with Crippen LogP contribution in [0.25, 0.3) is 0 Å². The van der Waals surface area contributed by atoms with Gasteiger partial charge in [0.15, 0.2) is 6.10 Å². The largest absolute Gasteiger partial charge is 0.451 e. The second-order valence-electron chi connectivity index (χ2n) is 11.8. The van der Waals surface area contributed by atoms with Gasteiger partial charge in [0.05, 0.1) is 0 Å². The molecule has 3 heterocycles. The van der Waals surface area contributed by atoms with E-state index >= 15 is 0 Å². The van der Waals surface area contributed by atoms with Crippen LogP contribution in [0, 0.1) is 0 Å². The van der Waals surface area contributed by atoms with E-state index in [4.69, 9.17) is 4.74 Å². The van der Waals surface area contributed by atoms with Gasteiger partial charge in [-0.05, 0) is 37.1 Å². The van der Waals surface area contributed by atoms with E-state index in [2.05, 4.69) is 44.3 Å². The first kappa shape index (κ1) is 24.8. The molecule has 0 saturated carbocycles. The Kier molecular flexibility index (Phi) is 6.10. The first-order chi connectivity index (χ1) is 16.4. The highest BCUT2D eigenvalue weighted by molar-refractivity contribution is 8.01. The van der Waals surface area contributed by atoms with Gasteiger partial charge in [0.25, 0.3) is 0 Å². The van der Waals surface area contributed by atoms with Crippen LogP contribution in [0.2, 0.25) is 38.3 Å². The van der Waals surface area contributed by atoms with Crippen molar-refractivity contribution in [1.29, 1.82) is 0 Å². The summed E-state index contributed by atoms with van der Waals surface area (Å²) in [6.45, 7) is 13.8. The number of amides is 1. The molecule has 1 unspecified atom stereocenters. The average Bonchev–Trinajstić information content (AvgIpc) is 3.20. The van der Waals surface area contributed by atoms with Gasteiger partial charge in [-0.25, -0.2) is 4.79 Å². The van der Waals surface area contributed by atoms with Crippen LogP contribution in [-0.4, -0.2) is 59.7 Å². The fourth-order valence-electron chi connectivity index (χ4n) is 6.40. The van der Waals surface area contributed by atoms with E-state index < -0.39 is 33.4 Å². The van der Waals surface area contributed by atoms with Gasteiger partial charge in [-0.2, -0.15) is 0 Å². The molecule has 0 radical (unpaired) electrons. The van der Waals surface area contributed by atoms with Crippen molar-refractivity contribution >= 4 is 40.1 Å². The number of benzene rings is 2. The maximum Gasteiger partial charge on any atom is 0.331 e. The summed E-state index contributed by atoms with van der Waals surface area (Å²) in [5, 5.41) is 0.0265. The molecule has 5 rings (SSSR count). The second-order valence-corrected chi connectivity index (χ2v) is 23.3. The van der Waals surface area contributed by atoms with Gasteiger partial charge in [-0.15, -0.1) is 11.8 Å². The van der Waals surface area contributed by atoms with Gasteiger partial charge in [0, 0.05) is 4.75 Å². The predicted molar refractivity (Wildman–Crippen MR) is 147 cm³/mol. The summed E-state index contributed by atoms with van der Waals surface area (Å²) >= 11 is 1.78. The van der Waals surface area contributed by atoms with Crippen LogP contribution in [0.1, 0.15) is 31.1 Å². The number of thioether (sulfide) groups is 1. The average molecular weight is 525 g/mol. The number of carbonyl (C=O) groups excluding carboxylic acids is 2. The van der Waals surface area contributed by atoms with Gasteiger partial charge in [0.1, 0.15) is 33.9 Å². The molecular formula is C27H36N2O3SSi2. The zero-order valence-corrected chi connectivity index (χ0v) is 24.3. The minimum absolute atomic E-state index is 0.0265. The molecule has 1 amide bonds. The molecule has 5 nitrogen and oxygen atoms in total. The predicted octanol–water partition coefficient (Wildman–Crippen LogP) is 5.48. The molecule has 3 saturated heterocycles. The fraction of sp³-hybridized carbons (Fsp3) is 0.481. The van der Waals surface area contributed by atoms with Gasteiger partial charge >= 0.3 is 5.97 Å². The molecule has 0 aromatic heterocycles. The van der Waals surface area contributed by atoms with Gasteiger partial charge in [0.2, 0.25) is 5.91 Å². The summed E-state index contributed by atoms with van der Waals surface area (Å²) in [5.41, 5.74) is 1.86. The van der Waals surface area contributed by atoms with Crippen molar-refractivity contribution in [3.05, 3.63) is 71.8 Å². The van der Waals surface area contributed by atoms with Crippen LogP contribution in [0.3, 0.4) is 0 Å². The number of fused-ring (bicyclic) bond motifs is 1. The summed E-state index contributed by atoms with van der Waals surface area (Å²) < 4.78 is 8.52. The third-order valence-electron chi connectivity index (χ3n) is 8.01. The number of β-lactam (4-membered cyclic amide) rings is 1. The Bertz CT molecular complexity index is 1070. The number of hydrogen-bond acceptors (Lipinski definition) is 5. The molecule has 3 aliphatic rings. The van der Waals surface area contributed by atoms with Crippen LogP contribution in [0.15, 0.2) is 60.7 Å². The van der Waals surface area contributed by atoms with Crippen molar-refractivity contribution < 1.29 is 14.3 Å². The Morgan fingerprint density at radius 2 is 1.43 bits per heavy atom. The lowest BCUT2D eigenvalue weighted by Crippen LogP contribution is -2.76. The SMILES string of the molecule is CC1(C)S[C@@H]2C(N3[Si](C)(C)CC[Si]3(C)C)C(=O)N2[C@H]1C(=O)OC(c1ccccc1)c1ccccc1. The number of carbonyl (C=O) groups is 2. The van der Waals surface area contributed by atoms with E-state index in [1.165, 1.54) is 12.1 Å². The first-order valence-electron chi connectivity index (χ1n) is 12.5. The molecule has 35 heavy (non-hydrogen) atoms. The smallest absolute Gasteiger partial charge is 0.331 e. The van der Waals surface area contributed by atoms with Crippen LogP contribution in [0.5, 0.6) is 0 Å². The molecule has 2 aromatic rings. The molecule has 0 bridgehead atoms. The summed E-state index contributed by atoms with van der Waals surface area (Å²) in [6, 6.07) is 21.6. The molecule has 0 N–H and O–H groups in total. The number of hydrogen-bond donors (Lipinski definition) is 0. The van der Waals surface area contributed by atoms with Crippen LogP contribution < -0.4 is 0 Å². The Balaban J connectivity index is 1.42. The number of ether oxygens (including phenoxy) is 1. The molecule has 2 aromatic carbocycles. The third-order valence-corrected chi connectivity index (χ3v) is 19.8. The second kappa shape index (κ2) is 8.61. The van der Waals surface area contributed by atoms with Crippen LogP contribution in [-0.2, 0) is 14.3 Å². The van der Waals surface area contributed by atoms with Crippen molar-refractivity contribution in [3.63, 3.8) is 0 Å². The summed E-state index contributed by atoms with van der Waals surface area (Å²) in [5.74, 6) is -0.196. The van der Waals surface area contributed by atoms with E-state index in [1.54, 1.807) is 11.8 Å². The van der Waals surface area contributed by atoms with Crippen molar-refractivity contribution in [2.24, 2.45) is 0 Å². The lowest BCUT2D eigenvalue weighted by molar-refractivity contribution is -0.167. The van der Waals surface area contributed by atoms with Crippen molar-refractivity contribution in [2.45, 2.75) is 80.4 Å². The Labute approximate surface area is 215 Å². The lowest BCUT2D eigenvalue weighted by Gasteiger charge is -2.54. The highest BCUT2D eigenvalue weighted by Gasteiger charge is 2.68. The number of esters is 1. The first-order valence-corrected chi connectivity index (χ1v) is 19.7. The van der Waals surface area contributed by atoms with Crippen molar-refractivity contribution in [3.8, 4) is 0 Å². The quantitative estimate of drug-likeness (QED) is 0.295. The highest BCUT2D eigenvalue weighted by Crippen LogP contribution is 2.55.